The van der Waals surface area contributed by atoms with Crippen molar-refractivity contribution < 1.29 is 13.9 Å². The zero-order valence-electron chi connectivity index (χ0n) is 15.1. The molecule has 1 aromatic heterocycles. The summed E-state index contributed by atoms with van der Waals surface area (Å²) in [6.45, 7) is 5.61. The first-order chi connectivity index (χ1) is 13.3. The van der Waals surface area contributed by atoms with E-state index in [2.05, 4.69) is 10.2 Å². The minimum atomic E-state index is -0.343. The number of furan rings is 1. The number of ketones is 1. The summed E-state index contributed by atoms with van der Waals surface area (Å²) >= 11 is 0. The smallest absolute Gasteiger partial charge is 0.197 e. The van der Waals surface area contributed by atoms with Gasteiger partial charge in [-0.15, -0.1) is 0 Å². The molecular formula is C22H22N2O3. The van der Waals surface area contributed by atoms with Crippen LogP contribution in [-0.2, 0) is 4.74 Å². The average Bonchev–Trinajstić information content (AvgIpc) is 3.11. The lowest BCUT2D eigenvalue weighted by Gasteiger charge is -2.29. The fraction of sp³-hybridized carbons (Fsp3) is 0.318. The van der Waals surface area contributed by atoms with Gasteiger partial charge in [0, 0.05) is 43.7 Å². The van der Waals surface area contributed by atoms with Gasteiger partial charge < -0.3 is 14.5 Å². The van der Waals surface area contributed by atoms with Gasteiger partial charge in [-0.3, -0.25) is 9.69 Å². The number of nitrogens with one attached hydrogen (secondary N) is 1. The van der Waals surface area contributed by atoms with Gasteiger partial charge in [0.05, 0.1) is 12.2 Å². The summed E-state index contributed by atoms with van der Waals surface area (Å²) in [7, 11) is 0. The quantitative estimate of drug-likeness (QED) is 0.773. The maximum atomic E-state index is 13.1. The van der Waals surface area contributed by atoms with Crippen LogP contribution in [0.25, 0.3) is 11.0 Å². The first kappa shape index (κ1) is 16.7. The van der Waals surface area contributed by atoms with E-state index in [1.807, 2.05) is 48.5 Å². The highest BCUT2D eigenvalue weighted by atomic mass is 16.5. The molecule has 2 aromatic carbocycles. The number of nitrogens with zero attached hydrogens (tertiary/aromatic N) is 1. The van der Waals surface area contributed by atoms with Gasteiger partial charge in [-0.05, 0) is 11.6 Å². The first-order valence-corrected chi connectivity index (χ1v) is 9.52. The molecule has 5 nitrogen and oxygen atoms in total. The molecule has 1 aliphatic heterocycles. The molecule has 138 valence electrons. The summed E-state index contributed by atoms with van der Waals surface area (Å²) in [5.74, 6) is 0.660. The highest BCUT2D eigenvalue weighted by Gasteiger charge is 2.36. The van der Waals surface area contributed by atoms with Crippen molar-refractivity contribution in [2.24, 2.45) is 0 Å². The van der Waals surface area contributed by atoms with Gasteiger partial charge in [-0.2, -0.15) is 0 Å². The number of rotatable bonds is 4. The van der Waals surface area contributed by atoms with Gasteiger partial charge in [0.15, 0.2) is 5.78 Å². The van der Waals surface area contributed by atoms with Gasteiger partial charge in [-0.1, -0.05) is 42.5 Å². The zero-order chi connectivity index (χ0) is 18.2. The lowest BCUT2D eigenvalue weighted by atomic mass is 9.86. The van der Waals surface area contributed by atoms with E-state index < -0.39 is 0 Å². The minimum Gasteiger partial charge on any atom is -0.457 e. The van der Waals surface area contributed by atoms with E-state index in [1.54, 1.807) is 0 Å². The Morgan fingerprint density at radius 3 is 2.74 bits per heavy atom. The fourth-order valence-electron chi connectivity index (χ4n) is 4.09. The molecule has 1 aliphatic carbocycles. The SMILES string of the molecule is O=C1c2ccccc2C(OCCN2CCNCC2)c2oc3ccccc3c21. The molecule has 1 N–H and O–H groups in total. The molecular weight excluding hydrogens is 340 g/mol. The molecule has 0 radical (unpaired) electrons. The van der Waals surface area contributed by atoms with Gasteiger partial charge in [0.25, 0.3) is 0 Å². The molecule has 0 amide bonds. The monoisotopic (exact) mass is 362 g/mol. The van der Waals surface area contributed by atoms with Crippen LogP contribution in [0.15, 0.2) is 52.9 Å². The molecule has 5 rings (SSSR count). The molecule has 0 spiro atoms. The number of hydrogen-bond acceptors (Lipinski definition) is 5. The van der Waals surface area contributed by atoms with Crippen LogP contribution in [0.1, 0.15) is 33.3 Å². The molecule has 1 atom stereocenters. The standard InChI is InChI=1S/C22H22N2O3/c25-20-15-5-1-2-6-16(15)21(26-14-13-24-11-9-23-10-12-24)22-19(20)17-7-3-4-8-18(17)27-22/h1-8,21,23H,9-14H2. The second kappa shape index (κ2) is 6.93. The van der Waals surface area contributed by atoms with E-state index in [9.17, 15) is 4.79 Å². The molecule has 1 saturated heterocycles. The largest absolute Gasteiger partial charge is 0.457 e. The predicted molar refractivity (Wildman–Crippen MR) is 103 cm³/mol. The van der Waals surface area contributed by atoms with Gasteiger partial charge >= 0.3 is 0 Å². The average molecular weight is 362 g/mol. The first-order valence-electron chi connectivity index (χ1n) is 9.52. The number of hydrogen-bond donors (Lipinski definition) is 1. The van der Waals surface area contributed by atoms with Crippen LogP contribution in [0.2, 0.25) is 0 Å². The zero-order valence-corrected chi connectivity index (χ0v) is 15.1. The van der Waals surface area contributed by atoms with Crippen LogP contribution in [0.4, 0.5) is 0 Å². The number of carbonyl (C=O) groups excluding carboxylic acids is 1. The Bertz CT molecular complexity index is 988. The lowest BCUT2D eigenvalue weighted by Crippen LogP contribution is -2.44. The van der Waals surface area contributed by atoms with Crippen molar-refractivity contribution in [2.45, 2.75) is 6.10 Å². The van der Waals surface area contributed by atoms with Crippen molar-refractivity contribution in [3.05, 3.63) is 71.0 Å². The number of carbonyl (C=O) groups is 1. The maximum absolute atomic E-state index is 13.1. The van der Waals surface area contributed by atoms with Crippen molar-refractivity contribution >= 4 is 16.8 Å². The Morgan fingerprint density at radius 2 is 1.85 bits per heavy atom. The normalized spacial score (nSPS) is 19.9. The predicted octanol–water partition coefficient (Wildman–Crippen LogP) is 2.99. The Hall–Kier alpha value is -2.47. The Labute approximate surface area is 157 Å². The molecule has 1 fully saturated rings. The minimum absolute atomic E-state index is 0.0208. The van der Waals surface area contributed by atoms with Crippen LogP contribution in [-0.4, -0.2) is 50.0 Å². The molecule has 2 heterocycles. The molecule has 3 aromatic rings. The summed E-state index contributed by atoms with van der Waals surface area (Å²) in [5, 5.41) is 4.23. The van der Waals surface area contributed by atoms with Crippen LogP contribution in [0, 0.1) is 0 Å². The van der Waals surface area contributed by atoms with Crippen LogP contribution in [0.3, 0.4) is 0 Å². The molecule has 5 heteroatoms. The fourth-order valence-corrected chi connectivity index (χ4v) is 4.09. The summed E-state index contributed by atoms with van der Waals surface area (Å²) in [5.41, 5.74) is 2.99. The Balaban J connectivity index is 1.49. The van der Waals surface area contributed by atoms with Gasteiger partial charge in [0.2, 0.25) is 0 Å². The third kappa shape index (κ3) is 2.88. The van der Waals surface area contributed by atoms with Crippen molar-refractivity contribution in [3.8, 4) is 0 Å². The second-order valence-corrected chi connectivity index (χ2v) is 7.10. The number of ether oxygens (including phenoxy) is 1. The molecule has 0 bridgehead atoms. The number of piperazine rings is 1. The van der Waals surface area contributed by atoms with Crippen LogP contribution in [0.5, 0.6) is 0 Å². The Morgan fingerprint density at radius 1 is 1.07 bits per heavy atom. The van der Waals surface area contributed by atoms with E-state index >= 15 is 0 Å². The van der Waals surface area contributed by atoms with E-state index in [0.29, 0.717) is 23.5 Å². The topological polar surface area (TPSA) is 54.7 Å². The maximum Gasteiger partial charge on any atom is 0.197 e. The van der Waals surface area contributed by atoms with Gasteiger partial charge in [-0.25, -0.2) is 0 Å². The molecule has 0 saturated carbocycles. The Kier molecular flexibility index (Phi) is 4.28. The number of fused-ring (bicyclic) bond motifs is 4. The summed E-state index contributed by atoms with van der Waals surface area (Å²) < 4.78 is 12.4. The van der Waals surface area contributed by atoms with E-state index in [0.717, 1.165) is 49.3 Å². The van der Waals surface area contributed by atoms with E-state index in [-0.39, 0.29) is 11.9 Å². The highest BCUT2D eigenvalue weighted by molar-refractivity contribution is 6.19. The van der Waals surface area contributed by atoms with Crippen molar-refractivity contribution in [3.63, 3.8) is 0 Å². The van der Waals surface area contributed by atoms with Crippen LogP contribution < -0.4 is 5.32 Å². The number of para-hydroxylation sites is 1. The summed E-state index contributed by atoms with van der Waals surface area (Å²) in [6, 6.07) is 15.4. The van der Waals surface area contributed by atoms with Crippen LogP contribution >= 0.6 is 0 Å². The van der Waals surface area contributed by atoms with E-state index in [1.165, 1.54) is 0 Å². The second-order valence-electron chi connectivity index (χ2n) is 7.10. The number of benzene rings is 2. The molecule has 2 aliphatic rings. The van der Waals surface area contributed by atoms with Crippen molar-refractivity contribution in [1.82, 2.24) is 10.2 Å². The molecule has 27 heavy (non-hydrogen) atoms. The van der Waals surface area contributed by atoms with Gasteiger partial charge in [0.1, 0.15) is 17.4 Å². The summed E-state index contributed by atoms with van der Waals surface area (Å²) in [6.07, 6.45) is -0.343. The van der Waals surface area contributed by atoms with Crippen molar-refractivity contribution in [2.75, 3.05) is 39.3 Å². The third-order valence-electron chi connectivity index (χ3n) is 5.48. The van der Waals surface area contributed by atoms with Crippen molar-refractivity contribution in [1.29, 1.82) is 0 Å². The van der Waals surface area contributed by atoms with E-state index in [4.69, 9.17) is 9.15 Å². The summed E-state index contributed by atoms with van der Waals surface area (Å²) in [4.78, 5) is 15.5. The molecule has 1 unspecified atom stereocenters. The highest BCUT2D eigenvalue weighted by Crippen LogP contribution is 2.42. The lowest BCUT2D eigenvalue weighted by molar-refractivity contribution is 0.0436. The third-order valence-corrected chi connectivity index (χ3v) is 5.48.